The molecule has 24 heavy (non-hydrogen) atoms. The number of rotatable bonds is 6. The first-order chi connectivity index (χ1) is 11.7. The van der Waals surface area contributed by atoms with Crippen LogP contribution in [-0.4, -0.2) is 39.8 Å². The van der Waals surface area contributed by atoms with Crippen molar-refractivity contribution in [2.24, 2.45) is 0 Å². The average molecular weight is 327 g/mol. The number of piperazine rings is 1. The lowest BCUT2D eigenvalue weighted by Crippen LogP contribution is -2.44. The van der Waals surface area contributed by atoms with E-state index in [0.717, 1.165) is 24.6 Å². The van der Waals surface area contributed by atoms with Crippen molar-refractivity contribution in [1.82, 2.24) is 19.9 Å². The fourth-order valence-electron chi connectivity index (χ4n) is 4.22. The highest BCUT2D eigenvalue weighted by Gasteiger charge is 2.38. The molecule has 2 fully saturated rings. The van der Waals surface area contributed by atoms with Crippen LogP contribution in [0.4, 0.5) is 5.82 Å². The standard InChI is InChI=1S/C19H29N5/c1-4-5-6-7-13(2)17-9-18-21-19(14(3)11-24(18)22-17)23-12-15-8-16(23)10-20-15/h9,11,13,15-16,20H,4-8,10,12H2,1-3H3/t13-,15-,16-/m0/s1. The second kappa shape index (κ2) is 6.36. The maximum atomic E-state index is 4.97. The zero-order chi connectivity index (χ0) is 16.7. The maximum Gasteiger partial charge on any atom is 0.157 e. The predicted molar refractivity (Wildman–Crippen MR) is 97.8 cm³/mol. The Morgan fingerprint density at radius 2 is 2.25 bits per heavy atom. The molecule has 0 aromatic carbocycles. The van der Waals surface area contributed by atoms with Crippen LogP contribution in [0.2, 0.25) is 0 Å². The van der Waals surface area contributed by atoms with Gasteiger partial charge >= 0.3 is 0 Å². The molecule has 0 spiro atoms. The van der Waals surface area contributed by atoms with E-state index in [0.29, 0.717) is 18.0 Å². The Morgan fingerprint density at radius 1 is 1.38 bits per heavy atom. The summed E-state index contributed by atoms with van der Waals surface area (Å²) in [6.45, 7) is 8.88. The van der Waals surface area contributed by atoms with Crippen molar-refractivity contribution in [1.29, 1.82) is 0 Å². The first kappa shape index (κ1) is 15.9. The third-order valence-corrected chi connectivity index (χ3v) is 5.70. The summed E-state index contributed by atoms with van der Waals surface area (Å²) in [5.41, 5.74) is 3.40. The van der Waals surface area contributed by atoms with Crippen LogP contribution in [0.5, 0.6) is 0 Å². The molecule has 2 aromatic heterocycles. The van der Waals surface area contributed by atoms with Crippen LogP contribution in [0.25, 0.3) is 5.65 Å². The van der Waals surface area contributed by atoms with Gasteiger partial charge in [-0.25, -0.2) is 9.50 Å². The van der Waals surface area contributed by atoms with E-state index in [2.05, 4.69) is 43.3 Å². The fourth-order valence-corrected chi connectivity index (χ4v) is 4.22. The van der Waals surface area contributed by atoms with Crippen molar-refractivity contribution in [3.63, 3.8) is 0 Å². The van der Waals surface area contributed by atoms with Gasteiger partial charge in [0.05, 0.1) is 5.69 Å². The quantitative estimate of drug-likeness (QED) is 0.827. The number of hydrogen-bond acceptors (Lipinski definition) is 4. The number of aromatic nitrogens is 3. The van der Waals surface area contributed by atoms with Gasteiger partial charge in [-0.05, 0) is 19.8 Å². The summed E-state index contributed by atoms with van der Waals surface area (Å²) in [5.74, 6) is 1.66. The first-order valence-electron chi connectivity index (χ1n) is 9.52. The largest absolute Gasteiger partial charge is 0.350 e. The molecule has 2 aliphatic rings. The highest BCUT2D eigenvalue weighted by Crippen LogP contribution is 2.31. The third-order valence-electron chi connectivity index (χ3n) is 5.70. The first-order valence-corrected chi connectivity index (χ1v) is 9.52. The lowest BCUT2D eigenvalue weighted by Gasteiger charge is -2.29. The normalized spacial score (nSPS) is 24.2. The minimum Gasteiger partial charge on any atom is -0.350 e. The third kappa shape index (κ3) is 2.79. The fraction of sp³-hybridized carbons (Fsp3) is 0.684. The molecule has 2 aliphatic heterocycles. The van der Waals surface area contributed by atoms with Crippen LogP contribution < -0.4 is 10.2 Å². The molecule has 0 amide bonds. The zero-order valence-corrected chi connectivity index (χ0v) is 15.1. The molecule has 0 aliphatic carbocycles. The molecule has 2 aromatic rings. The van der Waals surface area contributed by atoms with Crippen LogP contribution in [0.15, 0.2) is 12.3 Å². The average Bonchev–Trinajstić information content (AvgIpc) is 3.28. The number of fused-ring (bicyclic) bond motifs is 3. The second-order valence-corrected chi connectivity index (χ2v) is 7.66. The number of unbranched alkanes of at least 4 members (excludes halogenated alkanes) is 2. The van der Waals surface area contributed by atoms with Gasteiger partial charge in [0.2, 0.25) is 0 Å². The molecule has 0 unspecified atom stereocenters. The SMILES string of the molecule is CCCCC[C@H](C)c1cc2nc(N3C[C@@H]4C[C@H]3CN4)c(C)cn2n1. The Labute approximate surface area is 144 Å². The van der Waals surface area contributed by atoms with Gasteiger partial charge in [-0.15, -0.1) is 0 Å². The Balaban J connectivity index is 1.58. The lowest BCUT2D eigenvalue weighted by atomic mass is 10.0. The van der Waals surface area contributed by atoms with Crippen LogP contribution in [0, 0.1) is 6.92 Å². The molecular formula is C19H29N5. The van der Waals surface area contributed by atoms with Crippen molar-refractivity contribution < 1.29 is 0 Å². The number of nitrogens with one attached hydrogen (secondary N) is 1. The molecule has 2 saturated heterocycles. The molecule has 2 bridgehead atoms. The Morgan fingerprint density at radius 3 is 2.96 bits per heavy atom. The smallest absolute Gasteiger partial charge is 0.157 e. The molecule has 0 radical (unpaired) electrons. The lowest BCUT2D eigenvalue weighted by molar-refractivity contribution is 0.575. The van der Waals surface area contributed by atoms with E-state index in [1.165, 1.54) is 43.4 Å². The van der Waals surface area contributed by atoms with Crippen molar-refractivity contribution >= 4 is 11.5 Å². The molecular weight excluding hydrogens is 298 g/mol. The Kier molecular flexibility index (Phi) is 4.21. The van der Waals surface area contributed by atoms with Gasteiger partial charge in [0.1, 0.15) is 5.82 Å². The van der Waals surface area contributed by atoms with Gasteiger partial charge in [0.25, 0.3) is 0 Å². The summed E-state index contributed by atoms with van der Waals surface area (Å²) in [6.07, 6.45) is 8.49. The second-order valence-electron chi connectivity index (χ2n) is 7.66. The van der Waals surface area contributed by atoms with Crippen LogP contribution in [-0.2, 0) is 0 Å². The summed E-state index contributed by atoms with van der Waals surface area (Å²) in [6, 6.07) is 3.44. The van der Waals surface area contributed by atoms with Gasteiger partial charge in [0.15, 0.2) is 5.65 Å². The van der Waals surface area contributed by atoms with E-state index >= 15 is 0 Å². The highest BCUT2D eigenvalue weighted by molar-refractivity contribution is 5.55. The van der Waals surface area contributed by atoms with E-state index < -0.39 is 0 Å². The van der Waals surface area contributed by atoms with Crippen molar-refractivity contribution in [2.45, 2.75) is 70.9 Å². The Bertz CT molecular complexity index is 722. The van der Waals surface area contributed by atoms with E-state index in [9.17, 15) is 0 Å². The monoisotopic (exact) mass is 327 g/mol. The van der Waals surface area contributed by atoms with Crippen LogP contribution >= 0.6 is 0 Å². The number of aryl methyl sites for hydroxylation is 1. The van der Waals surface area contributed by atoms with Crippen molar-refractivity contribution in [2.75, 3.05) is 18.0 Å². The number of nitrogens with zero attached hydrogens (tertiary/aromatic N) is 4. The van der Waals surface area contributed by atoms with Crippen LogP contribution in [0.3, 0.4) is 0 Å². The van der Waals surface area contributed by atoms with E-state index in [1.807, 2.05) is 4.52 Å². The van der Waals surface area contributed by atoms with Gasteiger partial charge < -0.3 is 10.2 Å². The topological polar surface area (TPSA) is 45.5 Å². The summed E-state index contributed by atoms with van der Waals surface area (Å²) in [4.78, 5) is 7.47. The number of anilines is 1. The molecule has 4 rings (SSSR count). The molecule has 5 heteroatoms. The summed E-state index contributed by atoms with van der Waals surface area (Å²) < 4.78 is 1.97. The molecule has 5 nitrogen and oxygen atoms in total. The van der Waals surface area contributed by atoms with Crippen LogP contribution in [0.1, 0.15) is 63.1 Å². The predicted octanol–water partition coefficient (Wildman–Crippen LogP) is 3.27. The van der Waals surface area contributed by atoms with Crippen molar-refractivity contribution in [3.8, 4) is 0 Å². The van der Waals surface area contributed by atoms with Gasteiger partial charge in [0, 0.05) is 48.9 Å². The number of hydrogen-bond donors (Lipinski definition) is 1. The summed E-state index contributed by atoms with van der Waals surface area (Å²) in [7, 11) is 0. The maximum absolute atomic E-state index is 4.97. The minimum atomic E-state index is 0.508. The minimum absolute atomic E-state index is 0.508. The van der Waals surface area contributed by atoms with Crippen molar-refractivity contribution in [3.05, 3.63) is 23.5 Å². The van der Waals surface area contributed by atoms with Gasteiger partial charge in [-0.2, -0.15) is 5.10 Å². The Hall–Kier alpha value is -1.62. The van der Waals surface area contributed by atoms with E-state index in [-0.39, 0.29) is 0 Å². The molecule has 1 N–H and O–H groups in total. The summed E-state index contributed by atoms with van der Waals surface area (Å²) >= 11 is 0. The van der Waals surface area contributed by atoms with E-state index in [4.69, 9.17) is 10.1 Å². The molecule has 0 saturated carbocycles. The zero-order valence-electron chi connectivity index (χ0n) is 15.1. The molecule has 3 atom stereocenters. The molecule has 4 heterocycles. The van der Waals surface area contributed by atoms with E-state index in [1.54, 1.807) is 0 Å². The van der Waals surface area contributed by atoms with Gasteiger partial charge in [-0.3, -0.25) is 0 Å². The van der Waals surface area contributed by atoms with Gasteiger partial charge in [-0.1, -0.05) is 33.1 Å². The summed E-state index contributed by atoms with van der Waals surface area (Å²) in [5, 5.41) is 8.36. The molecule has 130 valence electrons. The highest BCUT2D eigenvalue weighted by atomic mass is 15.3.